The maximum absolute atomic E-state index is 11.1. The number of rotatable bonds is 10. The van der Waals surface area contributed by atoms with E-state index in [4.69, 9.17) is 4.74 Å². The van der Waals surface area contributed by atoms with Crippen LogP contribution >= 0.6 is 24.0 Å². The van der Waals surface area contributed by atoms with E-state index in [9.17, 15) is 8.42 Å². The van der Waals surface area contributed by atoms with Gasteiger partial charge in [0.15, 0.2) is 5.96 Å². The minimum Gasteiger partial charge on any atom is -0.378 e. The van der Waals surface area contributed by atoms with Gasteiger partial charge in [0.05, 0.1) is 25.5 Å². The lowest BCUT2D eigenvalue weighted by Crippen LogP contribution is -2.45. The van der Waals surface area contributed by atoms with E-state index < -0.39 is 9.84 Å². The Bertz CT molecular complexity index is 539. The van der Waals surface area contributed by atoms with Crippen molar-refractivity contribution in [1.29, 1.82) is 0 Å². The van der Waals surface area contributed by atoms with Gasteiger partial charge >= 0.3 is 0 Å². The van der Waals surface area contributed by atoms with Crippen LogP contribution in [-0.2, 0) is 14.6 Å². The van der Waals surface area contributed by atoms with Crippen LogP contribution in [0.15, 0.2) is 4.99 Å². The van der Waals surface area contributed by atoms with Crippen LogP contribution in [0.25, 0.3) is 0 Å². The molecule has 2 rings (SSSR count). The fraction of sp³-hybridized carbons (Fsp3) is 0.944. The molecule has 160 valence electrons. The predicted octanol–water partition coefficient (Wildman–Crippen LogP) is 1.49. The topological polar surface area (TPSA) is 83.0 Å². The molecule has 1 heterocycles. The standard InChI is InChI=1S/C18H36N4O3S.HI/c1-3-19-18(20-9-11-25-12-13-26(2,23)24)21-17-8-10-22(15-17)14-16-6-4-5-7-16;/h16-17H,3-15H2,1-2H3,(H2,19,20,21);1H. The summed E-state index contributed by atoms with van der Waals surface area (Å²) in [5.41, 5.74) is 0. The molecule has 0 amide bonds. The van der Waals surface area contributed by atoms with Gasteiger partial charge in [0.2, 0.25) is 0 Å². The van der Waals surface area contributed by atoms with Crippen LogP contribution in [0, 0.1) is 5.92 Å². The number of hydrogen-bond donors (Lipinski definition) is 2. The second-order valence-electron chi connectivity index (χ2n) is 7.54. The molecule has 2 N–H and O–H groups in total. The highest BCUT2D eigenvalue weighted by Gasteiger charge is 2.26. The first-order valence-corrected chi connectivity index (χ1v) is 12.0. The first-order chi connectivity index (χ1) is 12.5. The van der Waals surface area contributed by atoms with Crippen LogP contribution in [0.5, 0.6) is 0 Å². The Kier molecular flexibility index (Phi) is 12.1. The molecule has 1 saturated heterocycles. The van der Waals surface area contributed by atoms with E-state index in [1.54, 1.807) is 0 Å². The number of hydrogen-bond acceptors (Lipinski definition) is 5. The molecule has 9 heteroatoms. The van der Waals surface area contributed by atoms with Gasteiger partial charge in [-0.05, 0) is 32.1 Å². The zero-order valence-corrected chi connectivity index (χ0v) is 19.9. The van der Waals surface area contributed by atoms with Crippen LogP contribution in [-0.4, -0.2) is 83.3 Å². The molecule has 0 aromatic carbocycles. The number of sulfone groups is 1. The Morgan fingerprint density at radius 1 is 1.22 bits per heavy atom. The van der Waals surface area contributed by atoms with Crippen LogP contribution in [0.1, 0.15) is 39.0 Å². The van der Waals surface area contributed by atoms with Gasteiger partial charge in [0, 0.05) is 38.5 Å². The Labute approximate surface area is 182 Å². The molecular weight excluding hydrogens is 479 g/mol. The van der Waals surface area contributed by atoms with E-state index >= 15 is 0 Å². The maximum Gasteiger partial charge on any atom is 0.191 e. The lowest BCUT2D eigenvalue weighted by Gasteiger charge is -2.21. The number of ether oxygens (including phenoxy) is 1. The Morgan fingerprint density at radius 2 is 1.96 bits per heavy atom. The third-order valence-electron chi connectivity index (χ3n) is 5.05. The fourth-order valence-corrected chi connectivity index (χ4v) is 4.14. The summed E-state index contributed by atoms with van der Waals surface area (Å²) in [4.78, 5) is 7.13. The molecule has 0 spiro atoms. The summed E-state index contributed by atoms with van der Waals surface area (Å²) in [6.07, 6.45) is 7.99. The molecular formula is C18H37IN4O3S. The summed E-state index contributed by atoms with van der Waals surface area (Å²) in [6.45, 7) is 7.58. The van der Waals surface area contributed by atoms with Gasteiger partial charge in [-0.1, -0.05) is 12.8 Å². The highest BCUT2D eigenvalue weighted by Crippen LogP contribution is 2.26. The Morgan fingerprint density at radius 3 is 2.63 bits per heavy atom. The smallest absolute Gasteiger partial charge is 0.191 e. The Balaban J connectivity index is 0.00000364. The number of guanidine groups is 1. The second-order valence-corrected chi connectivity index (χ2v) is 9.80. The number of nitrogens with zero attached hydrogens (tertiary/aromatic N) is 2. The summed E-state index contributed by atoms with van der Waals surface area (Å²) in [7, 11) is -2.96. The highest BCUT2D eigenvalue weighted by atomic mass is 127. The molecule has 2 fully saturated rings. The molecule has 1 unspecified atom stereocenters. The van der Waals surface area contributed by atoms with Crippen LogP contribution in [0.2, 0.25) is 0 Å². The number of aliphatic imine (C=N–C) groups is 1. The molecule has 1 saturated carbocycles. The molecule has 7 nitrogen and oxygen atoms in total. The lowest BCUT2D eigenvalue weighted by molar-refractivity contribution is 0.157. The number of nitrogens with one attached hydrogen (secondary N) is 2. The molecule has 0 aromatic rings. The fourth-order valence-electron chi connectivity index (χ4n) is 3.72. The first kappa shape index (κ1) is 24.9. The van der Waals surface area contributed by atoms with Gasteiger partial charge in [0.1, 0.15) is 9.84 Å². The van der Waals surface area contributed by atoms with Crippen molar-refractivity contribution in [2.75, 3.05) is 57.9 Å². The lowest BCUT2D eigenvalue weighted by atomic mass is 10.1. The molecule has 1 aliphatic heterocycles. The van der Waals surface area contributed by atoms with Gasteiger partial charge in [-0.3, -0.25) is 4.99 Å². The summed E-state index contributed by atoms with van der Waals surface area (Å²) in [5.74, 6) is 1.79. The van der Waals surface area contributed by atoms with Crippen molar-refractivity contribution in [1.82, 2.24) is 15.5 Å². The minimum atomic E-state index is -2.96. The molecule has 0 aromatic heterocycles. The number of halogens is 1. The molecule has 2 aliphatic rings. The average Bonchev–Trinajstić information content (AvgIpc) is 3.22. The average molecular weight is 516 g/mol. The van der Waals surface area contributed by atoms with Crippen molar-refractivity contribution >= 4 is 39.8 Å². The summed E-state index contributed by atoms with van der Waals surface area (Å²) in [6, 6.07) is 0.445. The minimum absolute atomic E-state index is 0. The van der Waals surface area contributed by atoms with Crippen LogP contribution < -0.4 is 10.6 Å². The van der Waals surface area contributed by atoms with E-state index in [1.165, 1.54) is 45.0 Å². The normalized spacial score (nSPS) is 22.0. The first-order valence-electron chi connectivity index (χ1n) is 9.99. The van der Waals surface area contributed by atoms with Crippen molar-refractivity contribution in [3.63, 3.8) is 0 Å². The largest absolute Gasteiger partial charge is 0.378 e. The van der Waals surface area contributed by atoms with E-state index in [-0.39, 0.29) is 36.3 Å². The Hall–Kier alpha value is -0.130. The van der Waals surface area contributed by atoms with Gasteiger partial charge in [0.25, 0.3) is 0 Å². The van der Waals surface area contributed by atoms with Crippen molar-refractivity contribution in [2.45, 2.75) is 45.1 Å². The zero-order chi connectivity index (χ0) is 18.8. The second kappa shape index (κ2) is 13.2. The van der Waals surface area contributed by atoms with Crippen molar-refractivity contribution in [3.8, 4) is 0 Å². The molecule has 0 bridgehead atoms. The monoisotopic (exact) mass is 516 g/mol. The number of likely N-dealkylation sites (tertiary alicyclic amines) is 1. The molecule has 1 atom stereocenters. The van der Waals surface area contributed by atoms with E-state index in [0.717, 1.165) is 31.4 Å². The van der Waals surface area contributed by atoms with E-state index in [0.29, 0.717) is 19.2 Å². The van der Waals surface area contributed by atoms with Gasteiger partial charge in [-0.25, -0.2) is 8.42 Å². The van der Waals surface area contributed by atoms with Gasteiger partial charge in [-0.15, -0.1) is 24.0 Å². The van der Waals surface area contributed by atoms with Crippen LogP contribution in [0.4, 0.5) is 0 Å². The van der Waals surface area contributed by atoms with E-state index in [1.807, 2.05) is 0 Å². The zero-order valence-electron chi connectivity index (χ0n) is 16.8. The van der Waals surface area contributed by atoms with Gasteiger partial charge < -0.3 is 20.3 Å². The predicted molar refractivity (Wildman–Crippen MR) is 122 cm³/mol. The summed E-state index contributed by atoms with van der Waals surface area (Å²) < 4.78 is 27.5. The highest BCUT2D eigenvalue weighted by molar-refractivity contribution is 14.0. The third kappa shape index (κ3) is 10.8. The van der Waals surface area contributed by atoms with Crippen molar-refractivity contribution < 1.29 is 13.2 Å². The maximum atomic E-state index is 11.1. The summed E-state index contributed by atoms with van der Waals surface area (Å²) in [5, 5.41) is 6.81. The molecule has 0 radical (unpaired) electrons. The quantitative estimate of drug-likeness (QED) is 0.198. The molecule has 27 heavy (non-hydrogen) atoms. The van der Waals surface area contributed by atoms with Gasteiger partial charge in [-0.2, -0.15) is 0 Å². The van der Waals surface area contributed by atoms with Crippen molar-refractivity contribution in [2.24, 2.45) is 10.9 Å². The van der Waals surface area contributed by atoms with E-state index in [2.05, 4.69) is 27.4 Å². The SMILES string of the molecule is CCNC(=NCCOCCS(C)(=O)=O)NC1CCN(CC2CCCC2)C1.I. The third-order valence-corrected chi connectivity index (χ3v) is 5.96. The molecule has 1 aliphatic carbocycles. The summed E-state index contributed by atoms with van der Waals surface area (Å²) >= 11 is 0. The van der Waals surface area contributed by atoms with Crippen molar-refractivity contribution in [3.05, 3.63) is 0 Å². The van der Waals surface area contributed by atoms with Crippen LogP contribution in [0.3, 0.4) is 0 Å².